The Labute approximate surface area is 133 Å². The van der Waals surface area contributed by atoms with Crippen LogP contribution in [0, 0.1) is 5.82 Å². The number of anilines is 1. The third-order valence-corrected chi connectivity index (χ3v) is 4.92. The Morgan fingerprint density at radius 1 is 1.18 bits per heavy atom. The van der Waals surface area contributed by atoms with E-state index < -0.39 is 0 Å². The molecule has 7 heteroatoms. The predicted molar refractivity (Wildman–Crippen MR) is 84.2 cm³/mol. The molecule has 0 aliphatic carbocycles. The van der Waals surface area contributed by atoms with Gasteiger partial charge in [0.05, 0.1) is 17.3 Å². The first-order valence-electron chi connectivity index (χ1n) is 7.28. The molecule has 3 rings (SSSR count). The molecular weight excluding hydrogens is 305 g/mol. The van der Waals surface area contributed by atoms with Gasteiger partial charge in [0.25, 0.3) is 0 Å². The number of halogens is 1. The number of benzene rings is 1. The van der Waals surface area contributed by atoms with Crippen molar-refractivity contribution in [1.82, 2.24) is 9.80 Å². The van der Waals surface area contributed by atoms with Crippen molar-refractivity contribution in [1.29, 1.82) is 0 Å². The van der Waals surface area contributed by atoms with Gasteiger partial charge in [-0.15, -0.1) is 11.8 Å². The van der Waals surface area contributed by atoms with E-state index in [1.165, 1.54) is 17.8 Å². The van der Waals surface area contributed by atoms with Crippen LogP contribution in [0.15, 0.2) is 24.3 Å². The molecule has 0 atom stereocenters. The van der Waals surface area contributed by atoms with Crippen molar-refractivity contribution in [3.63, 3.8) is 0 Å². The second kappa shape index (κ2) is 6.56. The molecule has 2 aliphatic rings. The van der Waals surface area contributed by atoms with E-state index in [0.717, 1.165) is 0 Å². The first-order valence-corrected chi connectivity index (χ1v) is 8.43. The summed E-state index contributed by atoms with van der Waals surface area (Å²) in [4.78, 5) is 29.1. The molecule has 2 heterocycles. The van der Waals surface area contributed by atoms with Crippen molar-refractivity contribution in [2.45, 2.75) is 0 Å². The van der Waals surface area contributed by atoms with Crippen LogP contribution < -0.4 is 4.90 Å². The van der Waals surface area contributed by atoms with E-state index in [-0.39, 0.29) is 24.2 Å². The molecule has 1 aromatic rings. The van der Waals surface area contributed by atoms with Crippen LogP contribution in [-0.4, -0.2) is 66.0 Å². The maximum atomic E-state index is 13.8. The number of thioether (sulfide) groups is 1. The lowest BCUT2D eigenvalue weighted by Crippen LogP contribution is -2.51. The van der Waals surface area contributed by atoms with Crippen LogP contribution in [0.4, 0.5) is 10.1 Å². The van der Waals surface area contributed by atoms with Gasteiger partial charge in [0.2, 0.25) is 11.8 Å². The molecule has 2 fully saturated rings. The van der Waals surface area contributed by atoms with E-state index in [2.05, 4.69) is 0 Å². The van der Waals surface area contributed by atoms with Gasteiger partial charge < -0.3 is 14.7 Å². The third-order valence-electron chi connectivity index (χ3n) is 3.98. The fraction of sp³-hybridized carbons (Fsp3) is 0.467. The predicted octanol–water partition coefficient (Wildman–Crippen LogP) is 1.01. The van der Waals surface area contributed by atoms with Crippen molar-refractivity contribution in [2.75, 3.05) is 49.3 Å². The SMILES string of the molecule is O=C(CN1CSCC1=O)N1CCN(c2ccccc2F)CC1. The summed E-state index contributed by atoms with van der Waals surface area (Å²) in [5.41, 5.74) is 0.584. The van der Waals surface area contributed by atoms with Gasteiger partial charge in [0, 0.05) is 26.2 Å². The van der Waals surface area contributed by atoms with Crippen LogP contribution in [0.25, 0.3) is 0 Å². The molecular formula is C15H18FN3O2S. The number of amides is 2. The number of piperazine rings is 1. The largest absolute Gasteiger partial charge is 0.366 e. The summed E-state index contributed by atoms with van der Waals surface area (Å²) in [5.74, 6) is 0.836. The minimum absolute atomic E-state index is 0.0240. The number of hydrogen-bond acceptors (Lipinski definition) is 4. The van der Waals surface area contributed by atoms with Crippen molar-refractivity contribution >= 4 is 29.3 Å². The summed E-state index contributed by atoms with van der Waals surface area (Å²) >= 11 is 1.53. The summed E-state index contributed by atoms with van der Waals surface area (Å²) in [6.07, 6.45) is 0. The number of hydrogen-bond donors (Lipinski definition) is 0. The maximum absolute atomic E-state index is 13.8. The lowest BCUT2D eigenvalue weighted by atomic mass is 10.2. The average molecular weight is 323 g/mol. The Hall–Kier alpha value is -1.76. The van der Waals surface area contributed by atoms with Crippen LogP contribution in [0.3, 0.4) is 0 Å². The molecule has 0 aromatic heterocycles. The van der Waals surface area contributed by atoms with E-state index in [4.69, 9.17) is 0 Å². The van der Waals surface area contributed by atoms with Crippen LogP contribution >= 0.6 is 11.8 Å². The molecule has 118 valence electrons. The molecule has 0 bridgehead atoms. The Morgan fingerprint density at radius 3 is 2.55 bits per heavy atom. The van der Waals surface area contributed by atoms with E-state index in [1.54, 1.807) is 21.9 Å². The molecule has 1 aromatic carbocycles. The van der Waals surface area contributed by atoms with Crippen LogP contribution in [0.5, 0.6) is 0 Å². The Kier molecular flexibility index (Phi) is 4.52. The molecule has 2 aliphatic heterocycles. The Balaban J connectivity index is 1.54. The first kappa shape index (κ1) is 15.1. The first-order chi connectivity index (χ1) is 10.6. The maximum Gasteiger partial charge on any atom is 0.242 e. The lowest BCUT2D eigenvalue weighted by Gasteiger charge is -2.36. The van der Waals surface area contributed by atoms with E-state index >= 15 is 0 Å². The minimum Gasteiger partial charge on any atom is -0.366 e. The van der Waals surface area contributed by atoms with Gasteiger partial charge in [-0.1, -0.05) is 12.1 Å². The highest BCUT2D eigenvalue weighted by molar-refractivity contribution is 8.00. The number of nitrogens with zero attached hydrogens (tertiary/aromatic N) is 3. The minimum atomic E-state index is -0.234. The van der Waals surface area contributed by atoms with Gasteiger partial charge in [-0.25, -0.2) is 4.39 Å². The van der Waals surface area contributed by atoms with Crippen LogP contribution in [0.1, 0.15) is 0 Å². The fourth-order valence-corrected chi connectivity index (χ4v) is 3.61. The Morgan fingerprint density at radius 2 is 1.91 bits per heavy atom. The van der Waals surface area contributed by atoms with Gasteiger partial charge in [-0.3, -0.25) is 9.59 Å². The molecule has 22 heavy (non-hydrogen) atoms. The van der Waals surface area contributed by atoms with Crippen LogP contribution in [0.2, 0.25) is 0 Å². The standard InChI is InChI=1S/C15H18FN3O2S/c16-12-3-1-2-4-13(12)17-5-7-18(8-6-17)14(20)9-19-11-22-10-15(19)21/h1-4H,5-11H2. The normalized spacial score (nSPS) is 19.0. The number of rotatable bonds is 3. The molecule has 2 amide bonds. The molecule has 5 nitrogen and oxygen atoms in total. The Bertz CT molecular complexity index is 576. The summed E-state index contributed by atoms with van der Waals surface area (Å²) < 4.78 is 13.8. The highest BCUT2D eigenvalue weighted by Crippen LogP contribution is 2.20. The van der Waals surface area contributed by atoms with E-state index in [0.29, 0.717) is 43.5 Å². The molecule has 0 N–H and O–H groups in total. The van der Waals surface area contributed by atoms with Gasteiger partial charge >= 0.3 is 0 Å². The average Bonchev–Trinajstić information content (AvgIpc) is 2.93. The third kappa shape index (κ3) is 3.19. The molecule has 0 radical (unpaired) electrons. The molecule has 0 saturated carbocycles. The van der Waals surface area contributed by atoms with Crippen molar-refractivity contribution < 1.29 is 14.0 Å². The molecule has 0 unspecified atom stereocenters. The van der Waals surface area contributed by atoms with Gasteiger partial charge in [0.15, 0.2) is 0 Å². The van der Waals surface area contributed by atoms with Crippen molar-refractivity contribution in [2.24, 2.45) is 0 Å². The highest BCUT2D eigenvalue weighted by Gasteiger charge is 2.27. The molecule has 0 spiro atoms. The number of para-hydroxylation sites is 1. The second-order valence-corrected chi connectivity index (χ2v) is 6.34. The van der Waals surface area contributed by atoms with Crippen molar-refractivity contribution in [3.8, 4) is 0 Å². The molecule has 2 saturated heterocycles. The summed E-state index contributed by atoms with van der Waals surface area (Å²) in [6.45, 7) is 2.49. The fourth-order valence-electron chi connectivity index (χ4n) is 2.71. The zero-order chi connectivity index (χ0) is 15.5. The van der Waals surface area contributed by atoms with Crippen LogP contribution in [-0.2, 0) is 9.59 Å². The van der Waals surface area contributed by atoms with E-state index in [1.807, 2.05) is 11.0 Å². The summed E-state index contributed by atoms with van der Waals surface area (Å²) in [7, 11) is 0. The summed E-state index contributed by atoms with van der Waals surface area (Å²) in [6, 6.07) is 6.69. The zero-order valence-corrected chi connectivity index (χ0v) is 13.0. The quantitative estimate of drug-likeness (QED) is 0.833. The highest BCUT2D eigenvalue weighted by atomic mass is 32.2. The lowest BCUT2D eigenvalue weighted by molar-refractivity contribution is -0.138. The topological polar surface area (TPSA) is 43.9 Å². The zero-order valence-electron chi connectivity index (χ0n) is 12.2. The monoisotopic (exact) mass is 323 g/mol. The number of carbonyl (C=O) groups excluding carboxylic acids is 2. The van der Waals surface area contributed by atoms with Gasteiger partial charge in [-0.2, -0.15) is 0 Å². The van der Waals surface area contributed by atoms with Gasteiger partial charge in [-0.05, 0) is 12.1 Å². The van der Waals surface area contributed by atoms with E-state index in [9.17, 15) is 14.0 Å². The smallest absolute Gasteiger partial charge is 0.242 e. The number of carbonyl (C=O) groups is 2. The second-order valence-electron chi connectivity index (χ2n) is 5.39. The van der Waals surface area contributed by atoms with Crippen molar-refractivity contribution in [3.05, 3.63) is 30.1 Å². The van der Waals surface area contributed by atoms with Gasteiger partial charge in [0.1, 0.15) is 12.4 Å². The summed E-state index contributed by atoms with van der Waals surface area (Å²) in [5, 5.41) is 0.